The van der Waals surface area contributed by atoms with E-state index in [2.05, 4.69) is 5.10 Å². The van der Waals surface area contributed by atoms with E-state index in [4.69, 9.17) is 22.1 Å². The van der Waals surface area contributed by atoms with E-state index in [-0.39, 0.29) is 24.3 Å². The highest BCUT2D eigenvalue weighted by molar-refractivity contribution is 7.20. The van der Waals surface area contributed by atoms with Crippen LogP contribution in [0.4, 0.5) is 0 Å². The highest BCUT2D eigenvalue weighted by Gasteiger charge is 2.27. The van der Waals surface area contributed by atoms with Crippen molar-refractivity contribution in [3.05, 3.63) is 45.9 Å². The van der Waals surface area contributed by atoms with Crippen LogP contribution in [-0.2, 0) is 14.3 Å². The number of nitrogens with two attached hydrogens (primary N) is 1. The summed E-state index contributed by atoms with van der Waals surface area (Å²) in [6.45, 7) is 2.39. The van der Waals surface area contributed by atoms with Crippen LogP contribution in [0.25, 0.3) is 15.9 Å². The third-order valence-corrected chi connectivity index (χ3v) is 6.70. The Kier molecular flexibility index (Phi) is 5.97. The van der Waals surface area contributed by atoms with Gasteiger partial charge in [0, 0.05) is 29.4 Å². The first-order valence-electron chi connectivity index (χ1n) is 9.83. The predicted molar refractivity (Wildman–Crippen MR) is 117 cm³/mol. The minimum Gasteiger partial charge on any atom is -0.451 e. The number of carbonyl (C=O) groups is 3. The number of halogens is 1. The van der Waals surface area contributed by atoms with E-state index in [9.17, 15) is 14.4 Å². The van der Waals surface area contributed by atoms with Crippen LogP contribution in [0.3, 0.4) is 0 Å². The van der Waals surface area contributed by atoms with Gasteiger partial charge in [-0.25, -0.2) is 9.48 Å². The minimum absolute atomic E-state index is 0.201. The molecule has 0 atom stereocenters. The van der Waals surface area contributed by atoms with Gasteiger partial charge in [-0.1, -0.05) is 17.7 Å². The van der Waals surface area contributed by atoms with Gasteiger partial charge < -0.3 is 15.4 Å². The second-order valence-electron chi connectivity index (χ2n) is 7.44. The molecule has 3 aromatic rings. The Labute approximate surface area is 187 Å². The molecule has 0 radical (unpaired) electrons. The number of fused-ring (bicyclic) bond motifs is 1. The number of hydrogen-bond donors (Lipinski definition) is 1. The number of esters is 1. The average molecular weight is 461 g/mol. The third-order valence-electron chi connectivity index (χ3n) is 5.38. The number of benzene rings is 1. The maximum atomic E-state index is 12.6. The van der Waals surface area contributed by atoms with Gasteiger partial charge >= 0.3 is 5.97 Å². The molecule has 2 N–H and O–H groups in total. The van der Waals surface area contributed by atoms with Crippen molar-refractivity contribution in [3.8, 4) is 5.69 Å². The van der Waals surface area contributed by atoms with Crippen LogP contribution in [0.1, 0.15) is 28.2 Å². The Morgan fingerprint density at radius 3 is 2.68 bits per heavy atom. The molecular formula is C21H21ClN4O4S. The Bertz CT molecular complexity index is 1160. The number of amides is 2. The number of rotatable bonds is 5. The summed E-state index contributed by atoms with van der Waals surface area (Å²) in [6.07, 6.45) is 1.06. The fraction of sp³-hybridized carbons (Fsp3) is 0.333. The number of carbonyl (C=O) groups excluding carboxylic acids is 3. The molecule has 8 nitrogen and oxygen atoms in total. The number of likely N-dealkylation sites (tertiary alicyclic amines) is 1. The molecular weight excluding hydrogens is 440 g/mol. The zero-order valence-corrected chi connectivity index (χ0v) is 18.4. The van der Waals surface area contributed by atoms with Crippen molar-refractivity contribution >= 4 is 50.9 Å². The van der Waals surface area contributed by atoms with Crippen LogP contribution in [0, 0.1) is 12.8 Å². The third kappa shape index (κ3) is 4.42. The number of ether oxygens (including phenoxy) is 1. The maximum absolute atomic E-state index is 12.6. The first-order valence-corrected chi connectivity index (χ1v) is 11.0. The molecule has 162 valence electrons. The lowest BCUT2D eigenvalue weighted by molar-refractivity contribution is -0.137. The highest BCUT2D eigenvalue weighted by atomic mass is 35.5. The van der Waals surface area contributed by atoms with Gasteiger partial charge in [0.1, 0.15) is 9.71 Å². The van der Waals surface area contributed by atoms with Crippen molar-refractivity contribution in [3.63, 3.8) is 0 Å². The molecule has 1 saturated heterocycles. The number of primary amides is 1. The van der Waals surface area contributed by atoms with Crippen molar-refractivity contribution < 1.29 is 19.1 Å². The smallest absolute Gasteiger partial charge is 0.348 e. The number of hydrogen-bond acceptors (Lipinski definition) is 6. The van der Waals surface area contributed by atoms with E-state index in [0.29, 0.717) is 35.8 Å². The first-order chi connectivity index (χ1) is 14.8. The minimum atomic E-state index is -0.557. The van der Waals surface area contributed by atoms with Gasteiger partial charge in [-0.15, -0.1) is 11.3 Å². The fourth-order valence-electron chi connectivity index (χ4n) is 3.63. The topological polar surface area (TPSA) is 108 Å². The van der Waals surface area contributed by atoms with Crippen molar-refractivity contribution in [2.45, 2.75) is 19.8 Å². The van der Waals surface area contributed by atoms with Crippen LogP contribution in [0.2, 0.25) is 5.02 Å². The quantitative estimate of drug-likeness (QED) is 0.589. The Morgan fingerprint density at radius 1 is 1.26 bits per heavy atom. The molecule has 4 rings (SSSR count). The second-order valence-corrected chi connectivity index (χ2v) is 8.91. The summed E-state index contributed by atoms with van der Waals surface area (Å²) in [4.78, 5) is 39.0. The van der Waals surface area contributed by atoms with Gasteiger partial charge in [0.15, 0.2) is 6.61 Å². The Morgan fingerprint density at radius 2 is 2.00 bits per heavy atom. The molecule has 1 fully saturated rings. The highest BCUT2D eigenvalue weighted by Crippen LogP contribution is 2.31. The van der Waals surface area contributed by atoms with Crippen LogP contribution in [0.15, 0.2) is 30.3 Å². The summed E-state index contributed by atoms with van der Waals surface area (Å²) in [5.74, 6) is -1.38. The largest absolute Gasteiger partial charge is 0.451 e. The number of thiophene rings is 1. The van der Waals surface area contributed by atoms with Gasteiger partial charge in [0.2, 0.25) is 5.91 Å². The van der Waals surface area contributed by atoms with Gasteiger partial charge in [-0.05, 0) is 44.0 Å². The summed E-state index contributed by atoms with van der Waals surface area (Å²) < 4.78 is 7.00. The second kappa shape index (κ2) is 8.68. The molecule has 2 amide bonds. The Balaban J connectivity index is 1.43. The molecule has 0 bridgehead atoms. The molecule has 3 heterocycles. The number of aromatic nitrogens is 2. The van der Waals surface area contributed by atoms with Crippen molar-refractivity contribution in [1.29, 1.82) is 0 Å². The lowest BCUT2D eigenvalue weighted by atomic mass is 9.96. The lowest BCUT2D eigenvalue weighted by Gasteiger charge is -2.30. The van der Waals surface area contributed by atoms with E-state index in [0.717, 1.165) is 21.6 Å². The normalized spacial score (nSPS) is 14.7. The summed E-state index contributed by atoms with van der Waals surface area (Å²) in [7, 11) is 0. The monoisotopic (exact) mass is 460 g/mol. The summed E-state index contributed by atoms with van der Waals surface area (Å²) in [6, 6.07) is 9.03. The van der Waals surface area contributed by atoms with Gasteiger partial charge in [0.05, 0.1) is 11.4 Å². The number of piperidine rings is 1. The molecule has 1 aromatic carbocycles. The zero-order chi connectivity index (χ0) is 22.1. The van der Waals surface area contributed by atoms with E-state index in [1.807, 2.05) is 19.1 Å². The van der Waals surface area contributed by atoms with Gasteiger partial charge in [0.25, 0.3) is 5.91 Å². The first kappa shape index (κ1) is 21.3. The SMILES string of the molecule is Cc1nn(-c2cccc(Cl)c2)c2sc(C(=O)OCC(=O)N3CCC(C(N)=O)CC3)cc12. The van der Waals surface area contributed by atoms with E-state index in [1.54, 1.807) is 27.8 Å². The lowest BCUT2D eigenvalue weighted by Crippen LogP contribution is -2.43. The molecule has 1 aliphatic heterocycles. The molecule has 0 saturated carbocycles. The van der Waals surface area contributed by atoms with Crippen molar-refractivity contribution in [1.82, 2.24) is 14.7 Å². The Hall–Kier alpha value is -2.91. The van der Waals surface area contributed by atoms with E-state index >= 15 is 0 Å². The van der Waals surface area contributed by atoms with E-state index in [1.165, 1.54) is 11.3 Å². The van der Waals surface area contributed by atoms with E-state index < -0.39 is 5.97 Å². The molecule has 10 heteroatoms. The number of nitrogens with zero attached hydrogens (tertiary/aromatic N) is 3. The molecule has 1 aliphatic rings. The fourth-order valence-corrected chi connectivity index (χ4v) is 4.89. The van der Waals surface area contributed by atoms with Crippen LogP contribution in [-0.4, -0.2) is 52.2 Å². The molecule has 0 aliphatic carbocycles. The average Bonchev–Trinajstić information content (AvgIpc) is 3.32. The molecule has 0 unspecified atom stereocenters. The van der Waals surface area contributed by atoms with Crippen LogP contribution >= 0.6 is 22.9 Å². The standard InChI is InChI=1S/C21H21ClN4O4S/c1-12-16-10-17(31-20(16)26(24-12)15-4-2-3-14(22)9-15)21(29)30-11-18(27)25-7-5-13(6-8-25)19(23)28/h2-4,9-10,13H,5-8,11H2,1H3,(H2,23,28). The van der Waals surface area contributed by atoms with Crippen molar-refractivity contribution in [2.24, 2.45) is 11.7 Å². The summed E-state index contributed by atoms with van der Waals surface area (Å²) in [5, 5.41) is 5.97. The van der Waals surface area contributed by atoms with Gasteiger partial charge in [-0.3, -0.25) is 9.59 Å². The van der Waals surface area contributed by atoms with Crippen LogP contribution in [0.5, 0.6) is 0 Å². The van der Waals surface area contributed by atoms with Crippen LogP contribution < -0.4 is 5.73 Å². The van der Waals surface area contributed by atoms with Gasteiger partial charge in [-0.2, -0.15) is 5.10 Å². The maximum Gasteiger partial charge on any atom is 0.348 e. The zero-order valence-electron chi connectivity index (χ0n) is 16.8. The predicted octanol–water partition coefficient (Wildman–Crippen LogP) is 2.93. The van der Waals surface area contributed by atoms with Crippen molar-refractivity contribution in [2.75, 3.05) is 19.7 Å². The number of aryl methyl sites for hydroxylation is 1. The summed E-state index contributed by atoms with van der Waals surface area (Å²) in [5.41, 5.74) is 6.89. The molecule has 0 spiro atoms. The molecule has 2 aromatic heterocycles. The summed E-state index contributed by atoms with van der Waals surface area (Å²) >= 11 is 7.35. The molecule has 31 heavy (non-hydrogen) atoms.